The van der Waals surface area contributed by atoms with Crippen LogP contribution >= 0.6 is 22.6 Å². The zero-order valence-electron chi connectivity index (χ0n) is 19.0. The maximum absolute atomic E-state index is 13.5. The van der Waals surface area contributed by atoms with Gasteiger partial charge in [-0.05, 0) is 67.0 Å². The van der Waals surface area contributed by atoms with Gasteiger partial charge in [-0.15, -0.1) is 0 Å². The second-order valence-corrected chi connectivity index (χ2v) is 9.82. The van der Waals surface area contributed by atoms with Gasteiger partial charge in [-0.1, -0.05) is 56.3 Å². The molecule has 172 valence electrons. The predicted molar refractivity (Wildman–Crippen MR) is 132 cm³/mol. The number of nitrogens with one attached hydrogen (secondary N) is 2. The zero-order chi connectivity index (χ0) is 23.9. The Hall–Kier alpha value is -2.62. The predicted octanol–water partition coefficient (Wildman–Crippen LogP) is 4.51. The highest BCUT2D eigenvalue weighted by molar-refractivity contribution is 14.1. The largest absolute Gasteiger partial charge is 0.443 e. The molecule has 8 heteroatoms. The summed E-state index contributed by atoms with van der Waals surface area (Å²) in [6, 6.07) is 15.5. The normalized spacial score (nSPS) is 12.1. The average molecular weight is 551 g/mol. The summed E-state index contributed by atoms with van der Waals surface area (Å²) >= 11 is 2.06. The van der Waals surface area contributed by atoms with Crippen LogP contribution in [-0.2, 0) is 16.1 Å². The van der Waals surface area contributed by atoms with Gasteiger partial charge < -0.3 is 10.1 Å². The monoisotopic (exact) mass is 551 g/mol. The molecule has 0 bridgehead atoms. The van der Waals surface area contributed by atoms with E-state index in [9.17, 15) is 14.4 Å². The Balaban J connectivity index is 2.34. The molecule has 3 amide bonds. The first-order valence-electron chi connectivity index (χ1n) is 10.4. The number of rotatable bonds is 6. The Labute approximate surface area is 203 Å². The first kappa shape index (κ1) is 25.6. The molecule has 7 nitrogen and oxygen atoms in total. The molecule has 0 heterocycles. The fraction of sp³-hybridized carbons (Fsp3) is 0.375. The average Bonchev–Trinajstić information content (AvgIpc) is 2.71. The standard InChI is InChI=1S/C24H30IN3O4/c1-16(2)20(21(29)26-15-17-11-7-6-8-12-17)28(27-23(31)32-24(3,4)5)22(30)18-13-9-10-14-19(18)25/h6-14,16,20H,15H2,1-5H3,(H,26,29)(H,27,31). The molecule has 32 heavy (non-hydrogen) atoms. The molecular formula is C24H30IN3O4. The van der Waals surface area contributed by atoms with Gasteiger partial charge in [-0.3, -0.25) is 9.59 Å². The van der Waals surface area contributed by atoms with Crippen LogP contribution in [0.2, 0.25) is 0 Å². The number of halogens is 1. The van der Waals surface area contributed by atoms with Crippen molar-refractivity contribution in [1.29, 1.82) is 0 Å². The van der Waals surface area contributed by atoms with Gasteiger partial charge in [-0.2, -0.15) is 0 Å². The van der Waals surface area contributed by atoms with Crippen LogP contribution in [0.25, 0.3) is 0 Å². The molecule has 1 atom stereocenters. The highest BCUT2D eigenvalue weighted by atomic mass is 127. The van der Waals surface area contributed by atoms with E-state index >= 15 is 0 Å². The van der Waals surface area contributed by atoms with Crippen LogP contribution in [0.3, 0.4) is 0 Å². The van der Waals surface area contributed by atoms with Crippen molar-refractivity contribution in [3.63, 3.8) is 0 Å². The second kappa shape index (κ2) is 11.3. The van der Waals surface area contributed by atoms with E-state index in [2.05, 4.69) is 33.3 Å². The van der Waals surface area contributed by atoms with Crippen LogP contribution in [0, 0.1) is 9.49 Å². The summed E-state index contributed by atoms with van der Waals surface area (Å²) in [6.45, 7) is 9.13. The van der Waals surface area contributed by atoms with E-state index in [1.165, 1.54) is 0 Å². The van der Waals surface area contributed by atoms with E-state index in [1.54, 1.807) is 39.0 Å². The molecule has 0 aliphatic rings. The number of amides is 3. The smallest absolute Gasteiger partial charge is 0.426 e. The first-order valence-corrected chi connectivity index (χ1v) is 11.5. The summed E-state index contributed by atoms with van der Waals surface area (Å²) in [7, 11) is 0. The first-order chi connectivity index (χ1) is 15.0. The van der Waals surface area contributed by atoms with Gasteiger partial charge in [0.05, 0.1) is 5.56 Å². The Kier molecular flexibility index (Phi) is 9.06. The Morgan fingerprint density at radius 2 is 1.59 bits per heavy atom. The Morgan fingerprint density at radius 3 is 2.16 bits per heavy atom. The number of hydrogen-bond donors (Lipinski definition) is 2. The SMILES string of the molecule is CC(C)C(C(=O)NCc1ccccc1)N(NC(=O)OC(C)(C)C)C(=O)c1ccccc1I. The topological polar surface area (TPSA) is 87.7 Å². The van der Waals surface area contributed by atoms with E-state index in [0.29, 0.717) is 15.7 Å². The molecule has 0 spiro atoms. The summed E-state index contributed by atoms with van der Waals surface area (Å²) in [5.74, 6) is -1.15. The molecule has 0 aromatic heterocycles. The van der Waals surface area contributed by atoms with Crippen LogP contribution in [-0.4, -0.2) is 34.6 Å². The van der Waals surface area contributed by atoms with Crippen LogP contribution in [0.1, 0.15) is 50.5 Å². The van der Waals surface area contributed by atoms with Crippen LogP contribution in [0.15, 0.2) is 54.6 Å². The van der Waals surface area contributed by atoms with Crippen molar-refractivity contribution in [2.45, 2.75) is 52.8 Å². The summed E-state index contributed by atoms with van der Waals surface area (Å²) in [4.78, 5) is 39.2. The number of benzene rings is 2. The van der Waals surface area contributed by atoms with Gasteiger partial charge in [0.15, 0.2) is 0 Å². The minimum absolute atomic E-state index is 0.286. The lowest BCUT2D eigenvalue weighted by Gasteiger charge is -2.34. The van der Waals surface area contributed by atoms with Gasteiger partial charge >= 0.3 is 6.09 Å². The van der Waals surface area contributed by atoms with Crippen molar-refractivity contribution in [2.24, 2.45) is 5.92 Å². The Morgan fingerprint density at radius 1 is 1.00 bits per heavy atom. The summed E-state index contributed by atoms with van der Waals surface area (Å²) < 4.78 is 6.05. The lowest BCUT2D eigenvalue weighted by Crippen LogP contribution is -2.59. The van der Waals surface area contributed by atoms with E-state index in [0.717, 1.165) is 10.6 Å². The molecule has 2 rings (SSSR count). The van der Waals surface area contributed by atoms with E-state index < -0.39 is 23.6 Å². The van der Waals surface area contributed by atoms with Gasteiger partial charge in [0.1, 0.15) is 11.6 Å². The lowest BCUT2D eigenvalue weighted by atomic mass is 10.0. The van der Waals surface area contributed by atoms with Crippen LogP contribution < -0.4 is 10.7 Å². The number of carbonyl (C=O) groups is 3. The van der Waals surface area contributed by atoms with Gasteiger partial charge in [0.2, 0.25) is 5.91 Å². The number of ether oxygens (including phenoxy) is 1. The third kappa shape index (κ3) is 7.51. The fourth-order valence-electron chi connectivity index (χ4n) is 3.02. The molecule has 0 fully saturated rings. The maximum Gasteiger partial charge on any atom is 0.426 e. The van der Waals surface area contributed by atoms with Gasteiger partial charge in [0.25, 0.3) is 5.91 Å². The third-order valence-corrected chi connectivity index (χ3v) is 5.36. The summed E-state index contributed by atoms with van der Waals surface area (Å²) in [6.07, 6.45) is -0.807. The quantitative estimate of drug-likeness (QED) is 0.409. The maximum atomic E-state index is 13.5. The summed E-state index contributed by atoms with van der Waals surface area (Å²) in [5.41, 5.74) is 3.07. The zero-order valence-corrected chi connectivity index (χ0v) is 21.2. The molecule has 2 N–H and O–H groups in total. The number of nitrogens with zero attached hydrogens (tertiary/aromatic N) is 1. The van der Waals surface area contributed by atoms with Gasteiger partial charge in [-0.25, -0.2) is 15.2 Å². The third-order valence-electron chi connectivity index (χ3n) is 4.42. The number of hydrazine groups is 1. The fourth-order valence-corrected chi connectivity index (χ4v) is 3.64. The lowest BCUT2D eigenvalue weighted by molar-refractivity contribution is -0.128. The van der Waals surface area contributed by atoms with E-state index in [1.807, 2.05) is 50.2 Å². The summed E-state index contributed by atoms with van der Waals surface area (Å²) in [5, 5.41) is 3.96. The Bertz CT molecular complexity index is 942. The highest BCUT2D eigenvalue weighted by Gasteiger charge is 2.36. The number of hydrogen-bond acceptors (Lipinski definition) is 4. The molecule has 0 saturated carbocycles. The van der Waals surface area contributed by atoms with Gasteiger partial charge in [0, 0.05) is 10.1 Å². The molecule has 1 unspecified atom stereocenters. The molecule has 0 radical (unpaired) electrons. The number of carbonyl (C=O) groups excluding carboxylic acids is 3. The molecule has 2 aromatic carbocycles. The van der Waals surface area contributed by atoms with Crippen LogP contribution in [0.4, 0.5) is 4.79 Å². The van der Waals surface area contributed by atoms with Crippen molar-refractivity contribution in [1.82, 2.24) is 15.8 Å². The van der Waals surface area contributed by atoms with Crippen molar-refractivity contribution in [2.75, 3.05) is 0 Å². The minimum atomic E-state index is -0.949. The molecular weight excluding hydrogens is 521 g/mol. The van der Waals surface area contributed by atoms with E-state index in [4.69, 9.17) is 4.74 Å². The van der Waals surface area contributed by atoms with Crippen molar-refractivity contribution in [3.8, 4) is 0 Å². The minimum Gasteiger partial charge on any atom is -0.443 e. The second-order valence-electron chi connectivity index (χ2n) is 8.66. The van der Waals surface area contributed by atoms with E-state index in [-0.39, 0.29) is 11.8 Å². The van der Waals surface area contributed by atoms with Crippen LogP contribution in [0.5, 0.6) is 0 Å². The van der Waals surface area contributed by atoms with Crippen molar-refractivity contribution in [3.05, 3.63) is 69.3 Å². The molecule has 0 aliphatic heterocycles. The molecule has 0 aliphatic carbocycles. The van der Waals surface area contributed by atoms with Crippen molar-refractivity contribution < 1.29 is 19.1 Å². The molecule has 2 aromatic rings. The molecule has 0 saturated heterocycles. The van der Waals surface area contributed by atoms with Crippen molar-refractivity contribution >= 4 is 40.5 Å². The highest BCUT2D eigenvalue weighted by Crippen LogP contribution is 2.19.